The molecule has 10 nitrogen and oxygen atoms in total. The minimum atomic E-state index is -4.82. The fourth-order valence-corrected chi connectivity index (χ4v) is 3.43. The summed E-state index contributed by atoms with van der Waals surface area (Å²) in [6, 6.07) is -0.547. The quantitative estimate of drug-likeness (QED) is 0.539. The third-order valence-electron chi connectivity index (χ3n) is 4.93. The van der Waals surface area contributed by atoms with Crippen molar-refractivity contribution in [1.29, 1.82) is 0 Å². The molecule has 2 aromatic heterocycles. The molecular formula is C19H23ClF3N7O3. The van der Waals surface area contributed by atoms with Crippen LogP contribution >= 0.6 is 11.6 Å². The van der Waals surface area contributed by atoms with Gasteiger partial charge in [-0.1, -0.05) is 11.6 Å². The van der Waals surface area contributed by atoms with Gasteiger partial charge in [0.1, 0.15) is 16.5 Å². The SMILES string of the molecule is CC(COCCC(=O)N1CCN(c2cnc(Cl)cn2)CC1)Nc1cn[nH]c(=O)c1C(F)(F)F. The molecule has 2 aromatic rings. The van der Waals surface area contributed by atoms with E-state index in [0.717, 1.165) is 6.20 Å². The van der Waals surface area contributed by atoms with Gasteiger partial charge in [-0.2, -0.15) is 18.3 Å². The van der Waals surface area contributed by atoms with Crippen LogP contribution in [-0.2, 0) is 15.7 Å². The van der Waals surface area contributed by atoms with Crippen LogP contribution in [0, 0.1) is 0 Å². The number of nitrogens with one attached hydrogen (secondary N) is 2. The molecule has 0 radical (unpaired) electrons. The smallest absolute Gasteiger partial charge is 0.379 e. The second-order valence-corrected chi connectivity index (χ2v) is 7.81. The number of rotatable bonds is 8. The molecule has 180 valence electrons. The Hall–Kier alpha value is -2.93. The van der Waals surface area contributed by atoms with Crippen molar-refractivity contribution in [3.05, 3.63) is 39.7 Å². The van der Waals surface area contributed by atoms with E-state index in [1.54, 1.807) is 23.1 Å². The third-order valence-corrected chi connectivity index (χ3v) is 5.13. The van der Waals surface area contributed by atoms with E-state index >= 15 is 0 Å². The van der Waals surface area contributed by atoms with Gasteiger partial charge in [0, 0.05) is 32.2 Å². The summed E-state index contributed by atoms with van der Waals surface area (Å²) in [5, 5.41) is 8.08. The zero-order valence-electron chi connectivity index (χ0n) is 17.7. The first-order valence-electron chi connectivity index (χ1n) is 10.1. The van der Waals surface area contributed by atoms with Crippen molar-refractivity contribution in [2.75, 3.05) is 49.6 Å². The van der Waals surface area contributed by atoms with Crippen LogP contribution in [0.25, 0.3) is 0 Å². The second-order valence-electron chi connectivity index (χ2n) is 7.42. The molecule has 0 saturated carbocycles. The van der Waals surface area contributed by atoms with E-state index in [1.165, 1.54) is 6.20 Å². The molecule has 0 spiro atoms. The number of H-pyrrole nitrogens is 1. The van der Waals surface area contributed by atoms with Gasteiger partial charge in [-0.05, 0) is 6.92 Å². The summed E-state index contributed by atoms with van der Waals surface area (Å²) in [4.78, 5) is 35.9. The highest BCUT2D eigenvalue weighted by Gasteiger charge is 2.37. The monoisotopic (exact) mass is 489 g/mol. The summed E-state index contributed by atoms with van der Waals surface area (Å²) in [5.74, 6) is 0.621. The zero-order valence-corrected chi connectivity index (χ0v) is 18.5. The maximum atomic E-state index is 13.1. The van der Waals surface area contributed by atoms with Crippen LogP contribution in [0.5, 0.6) is 0 Å². The van der Waals surface area contributed by atoms with Crippen molar-refractivity contribution >= 4 is 29.0 Å². The number of amides is 1. The normalized spacial score (nSPS) is 15.4. The van der Waals surface area contributed by atoms with Crippen molar-refractivity contribution in [2.45, 2.75) is 25.6 Å². The number of halogens is 4. The zero-order chi connectivity index (χ0) is 24.0. The number of alkyl halides is 3. The summed E-state index contributed by atoms with van der Waals surface area (Å²) >= 11 is 5.74. The van der Waals surface area contributed by atoms with Crippen molar-refractivity contribution in [1.82, 2.24) is 25.1 Å². The van der Waals surface area contributed by atoms with Gasteiger partial charge in [0.15, 0.2) is 0 Å². The number of piperazine rings is 1. The van der Waals surface area contributed by atoms with Crippen molar-refractivity contribution in [2.24, 2.45) is 0 Å². The minimum absolute atomic E-state index is 0.0421. The highest BCUT2D eigenvalue weighted by Crippen LogP contribution is 2.31. The maximum absolute atomic E-state index is 13.1. The van der Waals surface area contributed by atoms with Crippen LogP contribution in [0.3, 0.4) is 0 Å². The number of anilines is 2. The molecule has 1 aliphatic heterocycles. The first kappa shape index (κ1) is 24.7. The molecule has 1 aliphatic rings. The Kier molecular flexibility index (Phi) is 8.08. The van der Waals surface area contributed by atoms with Gasteiger partial charge in [0.2, 0.25) is 5.91 Å². The van der Waals surface area contributed by atoms with E-state index in [2.05, 4.69) is 20.4 Å². The number of nitrogens with zero attached hydrogens (tertiary/aromatic N) is 5. The minimum Gasteiger partial charge on any atom is -0.379 e. The summed E-state index contributed by atoms with van der Waals surface area (Å²) in [6.45, 7) is 4.02. The lowest BCUT2D eigenvalue weighted by Crippen LogP contribution is -2.49. The first-order valence-corrected chi connectivity index (χ1v) is 10.5. The molecule has 1 atom stereocenters. The van der Waals surface area contributed by atoms with Gasteiger partial charge in [-0.25, -0.2) is 15.1 Å². The lowest BCUT2D eigenvalue weighted by Gasteiger charge is -2.35. The van der Waals surface area contributed by atoms with Crippen molar-refractivity contribution in [3.8, 4) is 0 Å². The molecule has 0 bridgehead atoms. The molecule has 3 rings (SSSR count). The second kappa shape index (κ2) is 10.8. The summed E-state index contributed by atoms with van der Waals surface area (Å²) in [5.41, 5.74) is -3.10. The van der Waals surface area contributed by atoms with E-state index in [9.17, 15) is 22.8 Å². The molecule has 33 heavy (non-hydrogen) atoms. The molecule has 1 fully saturated rings. The van der Waals surface area contributed by atoms with Gasteiger partial charge in [-0.15, -0.1) is 0 Å². The largest absolute Gasteiger partial charge is 0.423 e. The Morgan fingerprint density at radius 2 is 1.97 bits per heavy atom. The predicted octanol–water partition coefficient (Wildman–Crippen LogP) is 1.79. The molecule has 2 N–H and O–H groups in total. The highest BCUT2D eigenvalue weighted by molar-refractivity contribution is 6.29. The van der Waals surface area contributed by atoms with Crippen molar-refractivity contribution < 1.29 is 22.7 Å². The third kappa shape index (κ3) is 6.78. The van der Waals surface area contributed by atoms with Gasteiger partial charge in [0.05, 0.1) is 43.9 Å². The molecule has 14 heteroatoms. The van der Waals surface area contributed by atoms with Crippen LogP contribution in [0.15, 0.2) is 23.4 Å². The fraction of sp³-hybridized carbons (Fsp3) is 0.526. The van der Waals surface area contributed by atoms with E-state index in [-0.39, 0.29) is 25.5 Å². The number of hydrogen-bond donors (Lipinski definition) is 2. The van der Waals surface area contributed by atoms with E-state index in [0.29, 0.717) is 37.1 Å². The Morgan fingerprint density at radius 3 is 2.61 bits per heavy atom. The lowest BCUT2D eigenvalue weighted by atomic mass is 10.2. The number of ether oxygens (including phenoxy) is 1. The number of carbonyl (C=O) groups is 1. The maximum Gasteiger partial charge on any atom is 0.423 e. The van der Waals surface area contributed by atoms with Crippen LogP contribution in [0.4, 0.5) is 24.7 Å². The van der Waals surface area contributed by atoms with E-state index in [4.69, 9.17) is 16.3 Å². The van der Waals surface area contributed by atoms with Gasteiger partial charge in [-0.3, -0.25) is 9.59 Å². The summed E-state index contributed by atoms with van der Waals surface area (Å²) < 4.78 is 44.7. The standard InChI is InChI=1S/C19H23ClF3N7O3/c1-12(27-13-8-26-28-18(32)17(13)19(21,22)23)11-33-7-2-16(31)30-5-3-29(4-6-30)15-10-24-14(20)9-25-15/h8-10,12H,2-7,11H2,1H3,(H2,27,28,32). The molecule has 1 unspecified atom stereocenters. The van der Waals surface area contributed by atoms with Crippen LogP contribution in [0.2, 0.25) is 5.15 Å². The molecule has 1 amide bonds. The van der Waals surface area contributed by atoms with E-state index in [1.807, 2.05) is 4.90 Å². The number of aromatic amines is 1. The average Bonchev–Trinajstić information content (AvgIpc) is 2.76. The average molecular weight is 490 g/mol. The lowest BCUT2D eigenvalue weighted by molar-refractivity contribution is -0.138. The Bertz CT molecular complexity index is 995. The molecule has 3 heterocycles. The van der Waals surface area contributed by atoms with Crippen LogP contribution in [0.1, 0.15) is 18.9 Å². The fourth-order valence-electron chi connectivity index (χ4n) is 3.33. The highest BCUT2D eigenvalue weighted by atomic mass is 35.5. The molecule has 0 aliphatic carbocycles. The first-order chi connectivity index (χ1) is 15.6. The van der Waals surface area contributed by atoms with Gasteiger partial charge >= 0.3 is 6.18 Å². The van der Waals surface area contributed by atoms with Gasteiger partial charge in [0.25, 0.3) is 5.56 Å². The molecule has 0 aromatic carbocycles. The van der Waals surface area contributed by atoms with Gasteiger partial charge < -0.3 is 19.9 Å². The number of hydrogen-bond acceptors (Lipinski definition) is 8. The van der Waals surface area contributed by atoms with Crippen LogP contribution in [-0.4, -0.2) is 76.4 Å². The Balaban J connectivity index is 1.39. The van der Waals surface area contributed by atoms with Crippen molar-refractivity contribution in [3.63, 3.8) is 0 Å². The topological polar surface area (TPSA) is 116 Å². The summed E-state index contributed by atoms with van der Waals surface area (Å²) in [6.07, 6.45) is -0.719. The Labute approximate surface area is 192 Å². The predicted molar refractivity (Wildman–Crippen MR) is 114 cm³/mol. The number of carbonyl (C=O) groups excluding carboxylic acids is 1. The summed E-state index contributed by atoms with van der Waals surface area (Å²) in [7, 11) is 0. The van der Waals surface area contributed by atoms with Crippen LogP contribution < -0.4 is 15.8 Å². The Morgan fingerprint density at radius 1 is 1.24 bits per heavy atom. The molecular weight excluding hydrogens is 467 g/mol. The number of aromatic nitrogens is 4. The molecule has 1 saturated heterocycles. The van der Waals surface area contributed by atoms with E-state index < -0.39 is 29.0 Å².